The molecule has 0 heterocycles. The molecule has 0 radical (unpaired) electrons. The molecule has 0 aromatic heterocycles. The van der Waals surface area contributed by atoms with E-state index in [4.69, 9.17) is 10.5 Å². The summed E-state index contributed by atoms with van der Waals surface area (Å²) in [5.74, 6) is -0.617. The van der Waals surface area contributed by atoms with Crippen molar-refractivity contribution in [2.45, 2.75) is 19.9 Å². The molecule has 2 N–H and O–H groups in total. The Morgan fingerprint density at radius 1 is 1.05 bits per heavy atom. The van der Waals surface area contributed by atoms with Crippen molar-refractivity contribution in [1.82, 2.24) is 0 Å². The first-order valence-corrected chi connectivity index (χ1v) is 6.30. The Labute approximate surface area is 117 Å². The third kappa shape index (κ3) is 2.51. The summed E-state index contributed by atoms with van der Waals surface area (Å²) < 4.78 is 33.3. The highest BCUT2D eigenvalue weighted by atomic mass is 19.1. The molecule has 2 aromatic rings. The maximum atomic E-state index is 14.2. The van der Waals surface area contributed by atoms with E-state index in [1.165, 1.54) is 25.3 Å². The van der Waals surface area contributed by atoms with Crippen LogP contribution >= 0.6 is 0 Å². The smallest absolute Gasteiger partial charge is 0.132 e. The minimum absolute atomic E-state index is 0.167. The Balaban J connectivity index is 2.61. The predicted molar refractivity (Wildman–Crippen MR) is 74.9 cm³/mol. The molecule has 0 aliphatic rings. The Bertz CT molecular complexity index is 617. The number of halogens is 2. The minimum atomic E-state index is -0.910. The first-order chi connectivity index (χ1) is 9.45. The molecular formula is C16H17F2NO. The van der Waals surface area contributed by atoms with E-state index in [-0.39, 0.29) is 5.56 Å². The van der Waals surface area contributed by atoms with Crippen LogP contribution in [0.1, 0.15) is 28.3 Å². The quantitative estimate of drug-likeness (QED) is 0.929. The molecule has 0 saturated heterocycles. The summed E-state index contributed by atoms with van der Waals surface area (Å²) in [6, 6.07) is 6.75. The van der Waals surface area contributed by atoms with Gasteiger partial charge in [-0.05, 0) is 43.2 Å². The van der Waals surface area contributed by atoms with Gasteiger partial charge in [0.05, 0.1) is 18.7 Å². The Morgan fingerprint density at radius 3 is 2.35 bits per heavy atom. The number of methoxy groups -OCH3 is 1. The number of rotatable bonds is 3. The van der Waals surface area contributed by atoms with Crippen molar-refractivity contribution in [2.75, 3.05) is 7.11 Å². The SMILES string of the molecule is COc1cccc(F)c1C(N)c1c(C)cc(C)cc1F. The van der Waals surface area contributed by atoms with Crippen LogP contribution in [0, 0.1) is 25.5 Å². The maximum absolute atomic E-state index is 14.2. The molecule has 0 fully saturated rings. The van der Waals surface area contributed by atoms with Crippen LogP contribution in [0.5, 0.6) is 5.75 Å². The zero-order valence-electron chi connectivity index (χ0n) is 11.7. The Hall–Kier alpha value is -1.94. The molecule has 2 nitrogen and oxygen atoms in total. The van der Waals surface area contributed by atoms with Gasteiger partial charge >= 0.3 is 0 Å². The molecule has 1 atom stereocenters. The van der Waals surface area contributed by atoms with Crippen molar-refractivity contribution in [2.24, 2.45) is 5.73 Å². The van der Waals surface area contributed by atoms with Crippen LogP contribution < -0.4 is 10.5 Å². The van der Waals surface area contributed by atoms with Crippen LogP contribution in [0.3, 0.4) is 0 Å². The van der Waals surface area contributed by atoms with E-state index in [0.717, 1.165) is 5.56 Å². The van der Waals surface area contributed by atoms with E-state index in [0.29, 0.717) is 16.9 Å². The number of aryl methyl sites for hydroxylation is 2. The first-order valence-electron chi connectivity index (χ1n) is 6.30. The lowest BCUT2D eigenvalue weighted by Crippen LogP contribution is -2.18. The van der Waals surface area contributed by atoms with Crippen molar-refractivity contribution >= 4 is 0 Å². The zero-order valence-corrected chi connectivity index (χ0v) is 11.7. The lowest BCUT2D eigenvalue weighted by Gasteiger charge is -2.19. The van der Waals surface area contributed by atoms with Gasteiger partial charge in [-0.25, -0.2) is 8.78 Å². The minimum Gasteiger partial charge on any atom is -0.496 e. The molecule has 0 aliphatic carbocycles. The highest BCUT2D eigenvalue weighted by molar-refractivity contribution is 5.45. The molecule has 0 aliphatic heterocycles. The fourth-order valence-corrected chi connectivity index (χ4v) is 2.46. The van der Waals surface area contributed by atoms with Crippen molar-refractivity contribution in [3.8, 4) is 5.75 Å². The van der Waals surface area contributed by atoms with E-state index in [1.54, 1.807) is 19.9 Å². The molecule has 2 aromatic carbocycles. The van der Waals surface area contributed by atoms with Crippen molar-refractivity contribution in [3.63, 3.8) is 0 Å². The van der Waals surface area contributed by atoms with E-state index in [1.807, 2.05) is 6.07 Å². The summed E-state index contributed by atoms with van der Waals surface area (Å²) in [6.07, 6.45) is 0. The molecule has 2 rings (SSSR count). The third-order valence-electron chi connectivity index (χ3n) is 3.34. The van der Waals surface area contributed by atoms with Crippen LogP contribution in [0.25, 0.3) is 0 Å². The molecular weight excluding hydrogens is 260 g/mol. The van der Waals surface area contributed by atoms with Gasteiger partial charge in [0.15, 0.2) is 0 Å². The second-order valence-electron chi connectivity index (χ2n) is 4.81. The lowest BCUT2D eigenvalue weighted by atomic mass is 9.93. The van der Waals surface area contributed by atoms with Crippen molar-refractivity contribution in [3.05, 3.63) is 64.2 Å². The third-order valence-corrected chi connectivity index (χ3v) is 3.34. The van der Waals surface area contributed by atoms with Gasteiger partial charge in [-0.2, -0.15) is 0 Å². The maximum Gasteiger partial charge on any atom is 0.132 e. The molecule has 20 heavy (non-hydrogen) atoms. The molecule has 1 unspecified atom stereocenters. The van der Waals surface area contributed by atoms with Gasteiger partial charge < -0.3 is 10.5 Å². The van der Waals surface area contributed by atoms with Crippen LogP contribution in [0.15, 0.2) is 30.3 Å². The molecule has 0 amide bonds. The number of ether oxygens (including phenoxy) is 1. The normalized spacial score (nSPS) is 12.3. The fourth-order valence-electron chi connectivity index (χ4n) is 2.46. The average molecular weight is 277 g/mol. The molecule has 0 bridgehead atoms. The number of hydrogen-bond donors (Lipinski definition) is 1. The topological polar surface area (TPSA) is 35.2 Å². The standard InChI is InChI=1S/C16H17F2NO/c1-9-7-10(2)14(12(18)8-9)16(19)15-11(17)5-4-6-13(15)20-3/h4-8,16H,19H2,1-3H3. The summed E-state index contributed by atoms with van der Waals surface area (Å²) in [7, 11) is 1.43. The van der Waals surface area contributed by atoms with E-state index in [2.05, 4.69) is 0 Å². The van der Waals surface area contributed by atoms with Gasteiger partial charge in [0.2, 0.25) is 0 Å². The molecule has 0 saturated carbocycles. The summed E-state index contributed by atoms with van der Waals surface area (Å²) in [5.41, 5.74) is 8.04. The van der Waals surface area contributed by atoms with E-state index in [9.17, 15) is 8.78 Å². The fraction of sp³-hybridized carbons (Fsp3) is 0.250. The van der Waals surface area contributed by atoms with Crippen LogP contribution in [-0.4, -0.2) is 7.11 Å². The summed E-state index contributed by atoms with van der Waals surface area (Å²) >= 11 is 0. The summed E-state index contributed by atoms with van der Waals surface area (Å²) in [5, 5.41) is 0. The molecule has 4 heteroatoms. The first kappa shape index (κ1) is 14.5. The van der Waals surface area contributed by atoms with Gasteiger partial charge in [-0.3, -0.25) is 0 Å². The largest absolute Gasteiger partial charge is 0.496 e. The number of benzene rings is 2. The molecule has 106 valence electrons. The van der Waals surface area contributed by atoms with Gasteiger partial charge in [0.25, 0.3) is 0 Å². The highest BCUT2D eigenvalue weighted by Gasteiger charge is 2.23. The van der Waals surface area contributed by atoms with Gasteiger partial charge in [-0.1, -0.05) is 12.1 Å². The second-order valence-corrected chi connectivity index (χ2v) is 4.81. The van der Waals surface area contributed by atoms with E-state index >= 15 is 0 Å². The summed E-state index contributed by atoms with van der Waals surface area (Å²) in [4.78, 5) is 0. The van der Waals surface area contributed by atoms with E-state index < -0.39 is 17.7 Å². The highest BCUT2D eigenvalue weighted by Crippen LogP contribution is 2.33. The molecule has 0 spiro atoms. The van der Waals surface area contributed by atoms with Gasteiger partial charge in [-0.15, -0.1) is 0 Å². The zero-order chi connectivity index (χ0) is 14.9. The van der Waals surface area contributed by atoms with Crippen LogP contribution in [-0.2, 0) is 0 Å². The summed E-state index contributed by atoms with van der Waals surface area (Å²) in [6.45, 7) is 3.56. The Morgan fingerprint density at radius 2 is 1.75 bits per heavy atom. The monoisotopic (exact) mass is 277 g/mol. The number of hydrogen-bond acceptors (Lipinski definition) is 2. The van der Waals surface area contributed by atoms with Crippen LogP contribution in [0.4, 0.5) is 8.78 Å². The number of nitrogens with two attached hydrogens (primary N) is 1. The van der Waals surface area contributed by atoms with Crippen LogP contribution in [0.2, 0.25) is 0 Å². The second kappa shape index (κ2) is 5.59. The lowest BCUT2D eigenvalue weighted by molar-refractivity contribution is 0.401. The van der Waals surface area contributed by atoms with Gasteiger partial charge in [0, 0.05) is 5.56 Å². The Kier molecular flexibility index (Phi) is 4.04. The average Bonchev–Trinajstić information content (AvgIpc) is 2.36. The van der Waals surface area contributed by atoms with Crippen molar-refractivity contribution < 1.29 is 13.5 Å². The van der Waals surface area contributed by atoms with Crippen molar-refractivity contribution in [1.29, 1.82) is 0 Å². The van der Waals surface area contributed by atoms with Gasteiger partial charge in [0.1, 0.15) is 17.4 Å². The predicted octanol–water partition coefficient (Wildman–Crippen LogP) is 3.64.